The van der Waals surface area contributed by atoms with Gasteiger partial charge in [0.2, 0.25) is 5.78 Å². The van der Waals surface area contributed by atoms with Gasteiger partial charge in [0, 0.05) is 45.3 Å². The maximum atomic E-state index is 14.0. The van der Waals surface area contributed by atoms with Gasteiger partial charge in [0.25, 0.3) is 0 Å². The molecule has 10 nitrogen and oxygen atoms in total. The number of carbonyl (C=O) groups is 1. The minimum Gasteiger partial charge on any atom is -0.506 e. The normalized spacial score (nSPS) is 16.7. The predicted octanol–water partition coefficient (Wildman–Crippen LogP) is 10.1. The molecule has 0 aromatic heterocycles. The molecule has 0 fully saturated rings. The molecule has 2 N–H and O–H groups in total. The highest BCUT2D eigenvalue weighted by molar-refractivity contribution is 7.93. The summed E-state index contributed by atoms with van der Waals surface area (Å²) in [6.07, 6.45) is 3.36. The molecule has 0 amide bonds. The zero-order valence-electron chi connectivity index (χ0n) is 30.4. The van der Waals surface area contributed by atoms with Gasteiger partial charge in [-0.25, -0.2) is 0 Å². The SMILES string of the molecule is O=C1C(c2ccc(N(c3ccccc3)c3ccccc3)cc2NS(=O)(=O)C(F)(F)F)=C(O)/C1=C1/C=CC(N(c2ccccc2)c2ccccc2)=C/C1=N\S(=O)(=O)C(F)(F)F. The molecule has 0 spiro atoms. The molecule has 0 unspecified atom stereocenters. The van der Waals surface area contributed by atoms with E-state index in [0.717, 1.165) is 24.3 Å². The van der Waals surface area contributed by atoms with Crippen molar-refractivity contribution < 1.29 is 53.1 Å². The topological polar surface area (TPSA) is 136 Å². The molecule has 2 aliphatic carbocycles. The van der Waals surface area contributed by atoms with Crippen molar-refractivity contribution in [2.75, 3.05) is 14.5 Å². The van der Waals surface area contributed by atoms with Crippen LogP contribution < -0.4 is 14.5 Å². The van der Waals surface area contributed by atoms with Gasteiger partial charge in [-0.05, 0) is 85.0 Å². The van der Waals surface area contributed by atoms with Crippen LogP contribution in [-0.2, 0) is 24.8 Å². The smallest absolute Gasteiger partial charge is 0.506 e. The second-order valence-electron chi connectivity index (χ2n) is 12.9. The molecule has 0 bridgehead atoms. The number of aliphatic hydroxyl groups is 1. The van der Waals surface area contributed by atoms with Gasteiger partial charge >= 0.3 is 31.1 Å². The summed E-state index contributed by atoms with van der Waals surface area (Å²) in [5, 5.41) is 11.5. The molecule has 0 saturated heterocycles. The maximum absolute atomic E-state index is 14.0. The standard InChI is InChI=1S/C42H28F6N4O6S2/c43-41(44,45)59(55,56)49-35-25-31(51(27-13-5-1-6-14-27)28-15-7-2-8-16-28)21-23-33(35)37-39(53)38(40(37)54)34-24-22-32(26-36(34)50-60(57,58)42(46,47)48)52(29-17-9-3-10-18-29)30-19-11-4-12-20-30/h1-26,49,53H/b38-34+,50-36+. The first-order valence-corrected chi connectivity index (χ1v) is 20.4. The number of halogens is 6. The highest BCUT2D eigenvalue weighted by Crippen LogP contribution is 2.46. The van der Waals surface area contributed by atoms with E-state index in [0.29, 0.717) is 22.7 Å². The molecule has 60 heavy (non-hydrogen) atoms. The van der Waals surface area contributed by atoms with Crippen LogP contribution in [0.1, 0.15) is 5.56 Å². The summed E-state index contributed by atoms with van der Waals surface area (Å²) in [5.74, 6) is -2.16. The third kappa shape index (κ3) is 7.93. The number of alkyl halides is 6. The number of Topliss-reactive ketones (excluding diaryl/α,β-unsaturated/α-hetero) is 1. The molecular formula is C42H28F6N4O6S2. The molecule has 0 saturated carbocycles. The van der Waals surface area contributed by atoms with Crippen molar-refractivity contribution in [2.45, 2.75) is 11.0 Å². The molecule has 0 radical (unpaired) electrons. The maximum Gasteiger partial charge on any atom is 0.518 e. The van der Waals surface area contributed by atoms with Crippen LogP contribution in [0.15, 0.2) is 185 Å². The molecular weight excluding hydrogens is 835 g/mol. The van der Waals surface area contributed by atoms with Crippen LogP contribution in [0.2, 0.25) is 0 Å². The lowest BCUT2D eigenvalue weighted by molar-refractivity contribution is -0.111. The minimum atomic E-state index is -6.27. The molecule has 5 aromatic rings. The molecule has 2 aliphatic rings. The number of hydrogen-bond acceptors (Lipinski definition) is 8. The van der Waals surface area contributed by atoms with E-state index in [1.807, 2.05) is 0 Å². The third-order valence-corrected chi connectivity index (χ3v) is 11.2. The second-order valence-corrected chi connectivity index (χ2v) is 16.2. The summed E-state index contributed by atoms with van der Waals surface area (Å²) in [5.41, 5.74) is -13.8. The number of sulfonamides is 2. The largest absolute Gasteiger partial charge is 0.518 e. The van der Waals surface area contributed by atoms with Gasteiger partial charge in [0.1, 0.15) is 5.76 Å². The average Bonchev–Trinajstić information content (AvgIpc) is 3.20. The van der Waals surface area contributed by atoms with Gasteiger partial charge in [-0.15, -0.1) is 0 Å². The van der Waals surface area contributed by atoms with Gasteiger partial charge in [-0.1, -0.05) is 72.8 Å². The molecule has 7 rings (SSSR count). The lowest BCUT2D eigenvalue weighted by atomic mass is 9.78. The van der Waals surface area contributed by atoms with E-state index in [1.54, 1.807) is 131 Å². The first kappa shape index (κ1) is 41.2. The molecule has 5 aromatic carbocycles. The number of anilines is 6. The number of benzene rings is 5. The van der Waals surface area contributed by atoms with E-state index in [-0.39, 0.29) is 11.4 Å². The van der Waals surface area contributed by atoms with Gasteiger partial charge in [0.15, 0.2) is 0 Å². The van der Waals surface area contributed by atoms with Crippen molar-refractivity contribution >= 4 is 71.2 Å². The Morgan fingerprint density at radius 1 is 0.567 bits per heavy atom. The Balaban J connectivity index is 1.40. The van der Waals surface area contributed by atoms with Crippen LogP contribution in [0, 0.1) is 0 Å². The first-order chi connectivity index (χ1) is 28.4. The molecule has 0 heterocycles. The van der Waals surface area contributed by atoms with Crippen LogP contribution in [0.25, 0.3) is 5.57 Å². The van der Waals surface area contributed by atoms with Crippen molar-refractivity contribution in [3.05, 3.63) is 186 Å². The highest BCUT2D eigenvalue weighted by Gasteiger charge is 2.48. The number of hydrogen-bond donors (Lipinski definition) is 2. The second kappa shape index (κ2) is 15.7. The monoisotopic (exact) mass is 862 g/mol. The number of rotatable bonds is 10. The molecule has 0 atom stereocenters. The van der Waals surface area contributed by atoms with Gasteiger partial charge in [0.05, 0.1) is 22.5 Å². The number of nitrogens with zero attached hydrogens (tertiary/aromatic N) is 3. The van der Waals surface area contributed by atoms with Gasteiger partial charge in [-0.3, -0.25) is 9.52 Å². The Morgan fingerprint density at radius 2 is 1.03 bits per heavy atom. The summed E-state index contributed by atoms with van der Waals surface area (Å²) in [6, 6.07) is 37.2. The lowest BCUT2D eigenvalue weighted by Crippen LogP contribution is -2.31. The van der Waals surface area contributed by atoms with E-state index >= 15 is 0 Å². The Bertz CT molecular complexity index is 2790. The summed E-state index contributed by atoms with van der Waals surface area (Å²) in [4.78, 5) is 17.2. The number of aliphatic hydroxyl groups excluding tert-OH is 1. The number of carbonyl (C=O) groups excluding carboxylic acids is 1. The number of ketones is 1. The van der Waals surface area contributed by atoms with E-state index in [9.17, 15) is 53.1 Å². The van der Waals surface area contributed by atoms with Crippen LogP contribution >= 0.6 is 0 Å². The molecule has 306 valence electrons. The summed E-state index contributed by atoms with van der Waals surface area (Å²) in [7, 11) is -12.4. The van der Waals surface area contributed by atoms with Gasteiger partial charge in [-0.2, -0.15) is 47.6 Å². The van der Waals surface area contributed by atoms with E-state index in [4.69, 9.17) is 0 Å². The van der Waals surface area contributed by atoms with Crippen molar-refractivity contribution in [3.63, 3.8) is 0 Å². The Labute approximate surface area is 339 Å². The zero-order valence-corrected chi connectivity index (χ0v) is 32.1. The number of para-hydroxylation sites is 4. The van der Waals surface area contributed by atoms with Crippen LogP contribution in [0.4, 0.5) is 60.5 Å². The lowest BCUT2D eigenvalue weighted by Gasteiger charge is -2.30. The fraction of sp³-hybridized carbons (Fsp3) is 0.0476. The van der Waals surface area contributed by atoms with E-state index in [2.05, 4.69) is 4.40 Å². The molecule has 18 heteroatoms. The predicted molar refractivity (Wildman–Crippen MR) is 216 cm³/mol. The van der Waals surface area contributed by atoms with Gasteiger partial charge < -0.3 is 14.9 Å². The molecule has 0 aliphatic heterocycles. The summed E-state index contributed by atoms with van der Waals surface area (Å²) in [6.45, 7) is 0. The average molecular weight is 863 g/mol. The van der Waals surface area contributed by atoms with Crippen LogP contribution in [0.5, 0.6) is 0 Å². The minimum absolute atomic E-state index is 0.0872. The van der Waals surface area contributed by atoms with Crippen molar-refractivity contribution in [2.24, 2.45) is 4.40 Å². The first-order valence-electron chi connectivity index (χ1n) is 17.5. The van der Waals surface area contributed by atoms with Crippen molar-refractivity contribution in [1.82, 2.24) is 0 Å². The third-order valence-electron chi connectivity index (χ3n) is 9.08. The highest BCUT2D eigenvalue weighted by atomic mass is 32.2. The number of allylic oxidation sites excluding steroid dienone is 6. The zero-order chi connectivity index (χ0) is 43.0. The Kier molecular flexibility index (Phi) is 10.8. The quantitative estimate of drug-likeness (QED) is 0.105. The Morgan fingerprint density at radius 3 is 1.47 bits per heavy atom. The van der Waals surface area contributed by atoms with Crippen LogP contribution in [-0.4, -0.2) is 44.5 Å². The van der Waals surface area contributed by atoms with E-state index < -0.39 is 76.3 Å². The fourth-order valence-corrected chi connectivity index (χ4v) is 7.50. The summed E-state index contributed by atoms with van der Waals surface area (Å²) < 4.78 is 137. The fourth-order valence-electron chi connectivity index (χ4n) is 6.41. The van der Waals surface area contributed by atoms with E-state index in [1.165, 1.54) is 16.9 Å². The van der Waals surface area contributed by atoms with Crippen molar-refractivity contribution in [1.29, 1.82) is 0 Å². The van der Waals surface area contributed by atoms with Crippen molar-refractivity contribution in [3.8, 4) is 0 Å². The summed E-state index contributed by atoms with van der Waals surface area (Å²) >= 11 is 0. The number of nitrogens with one attached hydrogen (secondary N) is 1. The van der Waals surface area contributed by atoms with Crippen LogP contribution in [0.3, 0.4) is 0 Å². The Hall–Kier alpha value is -6.92.